The van der Waals surface area contributed by atoms with Gasteiger partial charge in [-0.05, 0) is 12.1 Å². The zero-order chi connectivity index (χ0) is 23.1. The Bertz CT molecular complexity index is 971. The van der Waals surface area contributed by atoms with Crippen molar-refractivity contribution in [3.63, 3.8) is 0 Å². The largest absolute Gasteiger partial charge is 0.395 e. The highest BCUT2D eigenvalue weighted by Crippen LogP contribution is 2.36. The predicted octanol–water partition coefficient (Wildman–Crippen LogP) is -0.497. The van der Waals surface area contributed by atoms with Crippen LogP contribution in [0.1, 0.15) is 31.8 Å². The first-order valence-corrected chi connectivity index (χ1v) is 10.1. The molecule has 168 valence electrons. The number of rotatable bonds is 10. The number of amides is 2. The van der Waals surface area contributed by atoms with E-state index < -0.39 is 23.4 Å². The average molecular weight is 440 g/mol. The molecule has 0 unspecified atom stereocenters. The summed E-state index contributed by atoms with van der Waals surface area (Å²) in [6.07, 6.45) is 0. The lowest BCUT2D eigenvalue weighted by Gasteiger charge is -2.23. The maximum Gasteiger partial charge on any atom is 0.238 e. The molecule has 2 amide bonds. The van der Waals surface area contributed by atoms with Crippen LogP contribution in [0, 0.1) is 0 Å². The Morgan fingerprint density at radius 2 is 1.09 bits per heavy atom. The maximum atomic E-state index is 13.3. The monoisotopic (exact) mass is 440 g/mol. The summed E-state index contributed by atoms with van der Waals surface area (Å²) in [5.41, 5.74) is 0.745. The third-order valence-electron chi connectivity index (χ3n) is 4.77. The Morgan fingerprint density at radius 3 is 1.47 bits per heavy atom. The molecule has 0 atom stereocenters. The first-order valence-electron chi connectivity index (χ1n) is 10.1. The van der Waals surface area contributed by atoms with E-state index >= 15 is 0 Å². The van der Waals surface area contributed by atoms with Crippen molar-refractivity contribution < 1.29 is 29.4 Å². The smallest absolute Gasteiger partial charge is 0.238 e. The van der Waals surface area contributed by atoms with Gasteiger partial charge in [0.15, 0.2) is 11.6 Å². The normalized spacial score (nSPS) is 12.2. The lowest BCUT2D eigenvalue weighted by Crippen LogP contribution is -2.32. The van der Waals surface area contributed by atoms with Gasteiger partial charge < -0.3 is 31.5 Å². The number of carbonyl (C=O) groups excluding carboxylic acids is 4. The Morgan fingerprint density at radius 1 is 0.688 bits per heavy atom. The van der Waals surface area contributed by atoms with E-state index in [-0.39, 0.29) is 73.0 Å². The fraction of sp³-hybridized carbons (Fsp3) is 0.273. The van der Waals surface area contributed by atoms with Gasteiger partial charge in [0, 0.05) is 24.2 Å². The van der Waals surface area contributed by atoms with E-state index in [0.29, 0.717) is 0 Å². The van der Waals surface area contributed by atoms with Crippen molar-refractivity contribution in [2.75, 3.05) is 50.0 Å². The summed E-state index contributed by atoms with van der Waals surface area (Å²) >= 11 is 0. The summed E-state index contributed by atoms with van der Waals surface area (Å²) in [5.74, 6) is -1.79. The summed E-state index contributed by atoms with van der Waals surface area (Å²) in [6.45, 7) is 0.00532. The number of aliphatic hydroxyl groups excluding tert-OH is 2. The molecule has 0 heterocycles. The third kappa shape index (κ3) is 5.06. The van der Waals surface area contributed by atoms with Gasteiger partial charge in [0.05, 0.1) is 48.8 Å². The van der Waals surface area contributed by atoms with Crippen molar-refractivity contribution in [1.82, 2.24) is 10.6 Å². The number of benzene rings is 2. The van der Waals surface area contributed by atoms with E-state index in [4.69, 9.17) is 10.2 Å². The van der Waals surface area contributed by atoms with Crippen molar-refractivity contribution in [2.45, 2.75) is 0 Å². The van der Waals surface area contributed by atoms with Crippen LogP contribution in [-0.4, -0.2) is 73.0 Å². The standard InChI is InChI=1S/C22H24N4O6/c27-9-7-23-11-17(29)25-15-5-6-16(26-18(30)12-24-8-10-28)20-19(15)21(31)13-3-1-2-4-14(13)22(20)32/h1-6,23-24,27-28H,7-12H2,(H,25,29)(H,26,30). The number of ketones is 2. The minimum atomic E-state index is -0.454. The van der Waals surface area contributed by atoms with Crippen molar-refractivity contribution >= 4 is 34.8 Å². The van der Waals surface area contributed by atoms with Gasteiger partial charge in [-0.3, -0.25) is 19.2 Å². The second-order valence-corrected chi connectivity index (χ2v) is 7.01. The molecule has 10 heteroatoms. The van der Waals surface area contributed by atoms with Crippen LogP contribution in [-0.2, 0) is 9.59 Å². The van der Waals surface area contributed by atoms with E-state index in [1.165, 1.54) is 24.3 Å². The molecule has 2 aromatic rings. The second kappa shape index (κ2) is 10.7. The minimum absolute atomic E-state index is 0.00493. The van der Waals surface area contributed by atoms with Gasteiger partial charge in [0.25, 0.3) is 0 Å². The molecule has 6 N–H and O–H groups in total. The number of aliphatic hydroxyl groups is 2. The van der Waals surface area contributed by atoms with Crippen LogP contribution in [0.3, 0.4) is 0 Å². The van der Waals surface area contributed by atoms with Crippen LogP contribution < -0.4 is 21.3 Å². The summed E-state index contributed by atoms with van der Waals surface area (Å²) in [6, 6.07) is 9.28. The van der Waals surface area contributed by atoms with Crippen molar-refractivity contribution in [1.29, 1.82) is 0 Å². The molecule has 0 saturated carbocycles. The molecule has 32 heavy (non-hydrogen) atoms. The Labute approximate surface area is 184 Å². The molecule has 0 aromatic heterocycles. The lowest BCUT2D eigenvalue weighted by atomic mass is 9.82. The maximum absolute atomic E-state index is 13.3. The number of fused-ring (bicyclic) bond motifs is 2. The van der Waals surface area contributed by atoms with Crippen LogP contribution in [0.4, 0.5) is 11.4 Å². The zero-order valence-electron chi connectivity index (χ0n) is 17.2. The van der Waals surface area contributed by atoms with Crippen LogP contribution in [0.5, 0.6) is 0 Å². The van der Waals surface area contributed by atoms with Crippen molar-refractivity contribution in [2.24, 2.45) is 0 Å². The van der Waals surface area contributed by atoms with Crippen molar-refractivity contribution in [3.8, 4) is 0 Å². The highest BCUT2D eigenvalue weighted by molar-refractivity contribution is 6.32. The van der Waals surface area contributed by atoms with E-state index in [0.717, 1.165) is 0 Å². The summed E-state index contributed by atoms with van der Waals surface area (Å²) < 4.78 is 0. The van der Waals surface area contributed by atoms with Crippen molar-refractivity contribution in [3.05, 3.63) is 58.7 Å². The SMILES string of the molecule is O=C(CNCCO)Nc1ccc(NC(=O)CNCCO)c2c1C(=O)c1ccccc1C2=O. The van der Waals surface area contributed by atoms with Gasteiger partial charge in [0.2, 0.25) is 11.8 Å². The quantitative estimate of drug-likeness (QED) is 0.231. The van der Waals surface area contributed by atoms with Gasteiger partial charge >= 0.3 is 0 Å². The minimum Gasteiger partial charge on any atom is -0.395 e. The number of hydrogen-bond acceptors (Lipinski definition) is 8. The molecule has 0 fully saturated rings. The molecular weight excluding hydrogens is 416 g/mol. The van der Waals surface area contributed by atoms with E-state index in [9.17, 15) is 19.2 Å². The molecule has 0 saturated heterocycles. The molecular formula is C22H24N4O6. The van der Waals surface area contributed by atoms with Crippen LogP contribution in [0.25, 0.3) is 0 Å². The fourth-order valence-corrected chi connectivity index (χ4v) is 3.38. The number of hydrogen-bond donors (Lipinski definition) is 6. The average Bonchev–Trinajstić information content (AvgIpc) is 2.78. The van der Waals surface area contributed by atoms with E-state index in [1.54, 1.807) is 12.1 Å². The summed E-state index contributed by atoms with van der Waals surface area (Å²) in [7, 11) is 0. The lowest BCUT2D eigenvalue weighted by molar-refractivity contribution is -0.116. The molecule has 0 bridgehead atoms. The third-order valence-corrected chi connectivity index (χ3v) is 4.77. The topological polar surface area (TPSA) is 157 Å². The molecule has 10 nitrogen and oxygen atoms in total. The molecule has 0 spiro atoms. The number of nitrogens with one attached hydrogen (secondary N) is 4. The van der Waals surface area contributed by atoms with Crippen LogP contribution >= 0.6 is 0 Å². The fourth-order valence-electron chi connectivity index (χ4n) is 3.38. The zero-order valence-corrected chi connectivity index (χ0v) is 17.2. The Hall–Kier alpha value is -3.44. The van der Waals surface area contributed by atoms with Gasteiger partial charge in [-0.2, -0.15) is 0 Å². The van der Waals surface area contributed by atoms with Gasteiger partial charge in [-0.15, -0.1) is 0 Å². The predicted molar refractivity (Wildman–Crippen MR) is 117 cm³/mol. The Kier molecular flexibility index (Phi) is 7.79. The van der Waals surface area contributed by atoms with Gasteiger partial charge in [-0.1, -0.05) is 24.3 Å². The highest BCUT2D eigenvalue weighted by atomic mass is 16.3. The molecule has 1 aliphatic rings. The van der Waals surface area contributed by atoms with E-state index in [2.05, 4.69) is 21.3 Å². The van der Waals surface area contributed by atoms with Crippen LogP contribution in [0.2, 0.25) is 0 Å². The molecule has 3 rings (SSSR count). The molecule has 0 radical (unpaired) electrons. The number of anilines is 2. The summed E-state index contributed by atoms with van der Waals surface area (Å²) in [4.78, 5) is 51.1. The summed E-state index contributed by atoms with van der Waals surface area (Å²) in [5, 5.41) is 28.4. The molecule has 0 aliphatic heterocycles. The first kappa shape index (κ1) is 23.2. The van der Waals surface area contributed by atoms with Crippen LogP contribution in [0.15, 0.2) is 36.4 Å². The first-order chi connectivity index (χ1) is 15.5. The van der Waals surface area contributed by atoms with Gasteiger partial charge in [0.1, 0.15) is 0 Å². The Balaban J connectivity index is 1.98. The molecule has 1 aliphatic carbocycles. The highest BCUT2D eigenvalue weighted by Gasteiger charge is 2.34. The van der Waals surface area contributed by atoms with E-state index in [1.807, 2.05) is 0 Å². The van der Waals surface area contributed by atoms with Gasteiger partial charge in [-0.25, -0.2) is 0 Å². The number of carbonyl (C=O) groups is 4. The second-order valence-electron chi connectivity index (χ2n) is 7.01. The molecule has 2 aromatic carbocycles.